The summed E-state index contributed by atoms with van der Waals surface area (Å²) in [5, 5.41) is 8.16. The van der Waals surface area contributed by atoms with Crippen LogP contribution in [-0.2, 0) is 4.79 Å². The molecule has 8 heteroatoms. The third kappa shape index (κ3) is 5.25. The van der Waals surface area contributed by atoms with Crippen LogP contribution in [0.1, 0.15) is 16.6 Å². The molecule has 2 N–H and O–H groups in total. The van der Waals surface area contributed by atoms with Crippen LogP contribution in [0, 0.1) is 0 Å². The Labute approximate surface area is 176 Å². The highest BCUT2D eigenvalue weighted by Crippen LogP contribution is 2.27. The Balaban J connectivity index is 1.69. The predicted octanol–water partition coefficient (Wildman–Crippen LogP) is 5.71. The Morgan fingerprint density at radius 2 is 1.71 bits per heavy atom. The molecule has 0 spiro atoms. The Bertz CT molecular complexity index is 973. The van der Waals surface area contributed by atoms with Crippen LogP contribution in [0.25, 0.3) is 0 Å². The van der Waals surface area contributed by atoms with Crippen LogP contribution in [0.5, 0.6) is 5.75 Å². The molecule has 3 aromatic rings. The SMILES string of the molecule is CC(Oc1ccccc1NC(=O)c1cccs1)C(=O)Nc1cc(Cl)cc(Cl)c1. The highest BCUT2D eigenvalue weighted by Gasteiger charge is 2.18. The van der Waals surface area contributed by atoms with Gasteiger partial charge in [-0.1, -0.05) is 41.4 Å². The van der Waals surface area contributed by atoms with Gasteiger partial charge in [-0.15, -0.1) is 11.3 Å². The quantitative estimate of drug-likeness (QED) is 0.521. The summed E-state index contributed by atoms with van der Waals surface area (Å²) in [5.41, 5.74) is 0.948. The van der Waals surface area contributed by atoms with Gasteiger partial charge in [0.05, 0.1) is 10.6 Å². The first-order chi connectivity index (χ1) is 13.4. The van der Waals surface area contributed by atoms with Crippen molar-refractivity contribution >= 4 is 57.7 Å². The summed E-state index contributed by atoms with van der Waals surface area (Å²) in [5.74, 6) is -0.228. The minimum absolute atomic E-state index is 0.239. The molecule has 0 radical (unpaired) electrons. The van der Waals surface area contributed by atoms with Crippen molar-refractivity contribution in [3.05, 3.63) is 74.9 Å². The Hall–Kier alpha value is -2.54. The van der Waals surface area contributed by atoms with Gasteiger partial charge in [0.25, 0.3) is 11.8 Å². The van der Waals surface area contributed by atoms with Gasteiger partial charge in [0.1, 0.15) is 5.75 Å². The summed E-state index contributed by atoms with van der Waals surface area (Å²) in [7, 11) is 0. The molecule has 0 aliphatic carbocycles. The summed E-state index contributed by atoms with van der Waals surface area (Å²) >= 11 is 13.2. The zero-order valence-corrected chi connectivity index (χ0v) is 17.1. The summed E-state index contributed by atoms with van der Waals surface area (Å²) in [6.45, 7) is 1.61. The van der Waals surface area contributed by atoms with E-state index >= 15 is 0 Å². The molecule has 0 saturated heterocycles. The third-order valence-corrected chi connectivity index (χ3v) is 4.99. The van der Waals surface area contributed by atoms with E-state index in [-0.39, 0.29) is 11.8 Å². The number of carbonyl (C=O) groups is 2. The third-order valence-electron chi connectivity index (χ3n) is 3.68. The van der Waals surface area contributed by atoms with E-state index in [0.717, 1.165) is 0 Å². The second-order valence-electron chi connectivity index (χ2n) is 5.84. The van der Waals surface area contributed by atoms with Crippen LogP contribution in [-0.4, -0.2) is 17.9 Å². The molecule has 1 heterocycles. The smallest absolute Gasteiger partial charge is 0.265 e. The summed E-state index contributed by atoms with van der Waals surface area (Å²) in [6.07, 6.45) is -0.822. The molecular weight excluding hydrogens is 419 g/mol. The van der Waals surface area contributed by atoms with Crippen molar-refractivity contribution in [1.29, 1.82) is 0 Å². The molecule has 1 atom stereocenters. The van der Waals surface area contributed by atoms with E-state index in [4.69, 9.17) is 27.9 Å². The molecular formula is C20H16Cl2N2O3S. The van der Waals surface area contributed by atoms with Crippen molar-refractivity contribution < 1.29 is 14.3 Å². The lowest BCUT2D eigenvalue weighted by Gasteiger charge is -2.17. The van der Waals surface area contributed by atoms with Gasteiger partial charge in [-0.05, 0) is 48.7 Å². The van der Waals surface area contributed by atoms with E-state index in [2.05, 4.69) is 10.6 Å². The minimum Gasteiger partial charge on any atom is -0.479 e. The van der Waals surface area contributed by atoms with E-state index in [1.807, 2.05) is 5.38 Å². The summed E-state index contributed by atoms with van der Waals surface area (Å²) in [6, 6.07) is 15.2. The minimum atomic E-state index is -0.822. The van der Waals surface area contributed by atoms with Crippen LogP contribution in [0.2, 0.25) is 10.0 Å². The average molecular weight is 435 g/mol. The largest absolute Gasteiger partial charge is 0.479 e. The number of hydrogen-bond acceptors (Lipinski definition) is 4. The molecule has 0 aliphatic heterocycles. The van der Waals surface area contributed by atoms with Crippen molar-refractivity contribution in [2.75, 3.05) is 10.6 Å². The van der Waals surface area contributed by atoms with Crippen LogP contribution in [0.3, 0.4) is 0 Å². The van der Waals surface area contributed by atoms with Crippen LogP contribution in [0.4, 0.5) is 11.4 Å². The number of amides is 2. The Morgan fingerprint density at radius 3 is 2.39 bits per heavy atom. The van der Waals surface area contributed by atoms with Crippen molar-refractivity contribution in [3.63, 3.8) is 0 Å². The van der Waals surface area contributed by atoms with Gasteiger partial charge in [0, 0.05) is 15.7 Å². The van der Waals surface area contributed by atoms with Crippen LogP contribution in [0.15, 0.2) is 60.0 Å². The molecule has 3 rings (SSSR count). The van der Waals surface area contributed by atoms with Gasteiger partial charge in [-0.2, -0.15) is 0 Å². The van der Waals surface area contributed by atoms with Gasteiger partial charge in [-0.25, -0.2) is 0 Å². The Morgan fingerprint density at radius 1 is 1.00 bits per heavy atom. The maximum absolute atomic E-state index is 12.5. The first kappa shape index (κ1) is 20.2. The molecule has 1 unspecified atom stereocenters. The number of nitrogens with one attached hydrogen (secondary N) is 2. The maximum atomic E-state index is 12.5. The number of hydrogen-bond donors (Lipinski definition) is 2. The monoisotopic (exact) mass is 434 g/mol. The average Bonchev–Trinajstić information content (AvgIpc) is 3.17. The van der Waals surface area contributed by atoms with Crippen LogP contribution < -0.4 is 15.4 Å². The number of benzene rings is 2. The molecule has 0 bridgehead atoms. The first-order valence-electron chi connectivity index (χ1n) is 8.30. The number of rotatable bonds is 6. The van der Waals surface area contributed by atoms with Crippen molar-refractivity contribution in [1.82, 2.24) is 0 Å². The number of ether oxygens (including phenoxy) is 1. The van der Waals surface area contributed by atoms with E-state index < -0.39 is 6.10 Å². The van der Waals surface area contributed by atoms with E-state index in [1.165, 1.54) is 11.3 Å². The standard InChI is InChI=1S/C20H16Cl2N2O3S/c1-12(19(25)23-15-10-13(21)9-14(22)11-15)27-17-6-3-2-5-16(17)24-20(26)18-7-4-8-28-18/h2-12H,1H3,(H,23,25)(H,24,26). The molecule has 144 valence electrons. The normalized spacial score (nSPS) is 11.5. The lowest BCUT2D eigenvalue weighted by Crippen LogP contribution is -2.30. The molecule has 28 heavy (non-hydrogen) atoms. The number of halogens is 2. The Kier molecular flexibility index (Phi) is 6.57. The molecule has 0 saturated carbocycles. The fraction of sp³-hybridized carbons (Fsp3) is 0.100. The fourth-order valence-corrected chi connectivity index (χ4v) is 3.52. The van der Waals surface area contributed by atoms with Gasteiger partial charge in [-0.3, -0.25) is 9.59 Å². The van der Waals surface area contributed by atoms with Crippen LogP contribution >= 0.6 is 34.5 Å². The second-order valence-corrected chi connectivity index (χ2v) is 7.66. The fourth-order valence-electron chi connectivity index (χ4n) is 2.38. The van der Waals surface area contributed by atoms with E-state index in [0.29, 0.717) is 32.0 Å². The van der Waals surface area contributed by atoms with Gasteiger partial charge in [0.2, 0.25) is 0 Å². The molecule has 2 aromatic carbocycles. The maximum Gasteiger partial charge on any atom is 0.265 e. The van der Waals surface area contributed by atoms with Gasteiger partial charge >= 0.3 is 0 Å². The number of para-hydroxylation sites is 2. The highest BCUT2D eigenvalue weighted by atomic mass is 35.5. The molecule has 0 aliphatic rings. The molecule has 1 aromatic heterocycles. The number of thiophene rings is 1. The van der Waals surface area contributed by atoms with E-state index in [1.54, 1.807) is 61.5 Å². The molecule has 0 fully saturated rings. The lowest BCUT2D eigenvalue weighted by atomic mass is 10.2. The zero-order chi connectivity index (χ0) is 20.1. The van der Waals surface area contributed by atoms with Crippen molar-refractivity contribution in [2.45, 2.75) is 13.0 Å². The van der Waals surface area contributed by atoms with E-state index in [9.17, 15) is 9.59 Å². The summed E-state index contributed by atoms with van der Waals surface area (Å²) in [4.78, 5) is 25.3. The number of anilines is 2. The lowest BCUT2D eigenvalue weighted by molar-refractivity contribution is -0.122. The van der Waals surface area contributed by atoms with Gasteiger partial charge < -0.3 is 15.4 Å². The first-order valence-corrected chi connectivity index (χ1v) is 9.93. The highest BCUT2D eigenvalue weighted by molar-refractivity contribution is 7.12. The predicted molar refractivity (Wildman–Crippen MR) is 114 cm³/mol. The zero-order valence-electron chi connectivity index (χ0n) is 14.7. The van der Waals surface area contributed by atoms with Crippen molar-refractivity contribution in [2.24, 2.45) is 0 Å². The topological polar surface area (TPSA) is 67.4 Å². The second kappa shape index (κ2) is 9.10. The summed E-state index contributed by atoms with van der Waals surface area (Å²) < 4.78 is 5.77. The molecule has 2 amide bonds. The van der Waals surface area contributed by atoms with Crippen molar-refractivity contribution in [3.8, 4) is 5.75 Å². The molecule has 5 nitrogen and oxygen atoms in total. The number of carbonyl (C=O) groups excluding carboxylic acids is 2. The van der Waals surface area contributed by atoms with Gasteiger partial charge in [0.15, 0.2) is 6.10 Å².